The number of aliphatic carboxylic acids is 1. The van der Waals surface area contributed by atoms with E-state index >= 15 is 0 Å². The first-order chi connectivity index (χ1) is 7.39. The van der Waals surface area contributed by atoms with Crippen molar-refractivity contribution in [2.75, 3.05) is 23.5 Å². The maximum Gasteiger partial charge on any atom is 0.320 e. The normalized spacial score (nSPS) is 19.6. The van der Waals surface area contributed by atoms with Gasteiger partial charge in [0, 0.05) is 0 Å². The van der Waals surface area contributed by atoms with Gasteiger partial charge >= 0.3 is 5.97 Å². The van der Waals surface area contributed by atoms with E-state index in [-0.39, 0.29) is 0 Å². The second-order valence-corrected chi connectivity index (χ2v) is 6.87. The van der Waals surface area contributed by atoms with Gasteiger partial charge < -0.3 is 10.8 Å². The monoisotopic (exact) mass is 269 g/mol. The van der Waals surface area contributed by atoms with Gasteiger partial charge in [-0.05, 0) is 31.3 Å². The molecule has 0 aliphatic carbocycles. The third-order valence-corrected chi connectivity index (χ3v) is 4.58. The molecule has 16 heavy (non-hydrogen) atoms. The van der Waals surface area contributed by atoms with Crippen molar-refractivity contribution in [1.82, 2.24) is 0 Å². The Balaban J connectivity index is 0.000000288. The quantitative estimate of drug-likeness (QED) is 0.764. The lowest BCUT2D eigenvalue weighted by Crippen LogP contribution is -2.30. The topological polar surface area (TPSA) is 97.5 Å². The zero-order valence-corrected chi connectivity index (χ0v) is 11.0. The van der Waals surface area contributed by atoms with Crippen molar-refractivity contribution in [2.45, 2.75) is 25.3 Å². The smallest absolute Gasteiger partial charge is 0.320 e. The summed E-state index contributed by atoms with van der Waals surface area (Å²) in [5, 5.41) is 8.27. The number of thioether (sulfide) groups is 1. The van der Waals surface area contributed by atoms with Crippen molar-refractivity contribution in [2.24, 2.45) is 5.73 Å². The Morgan fingerprint density at radius 3 is 2.19 bits per heavy atom. The van der Waals surface area contributed by atoms with E-state index in [4.69, 9.17) is 10.8 Å². The molecule has 1 heterocycles. The predicted molar refractivity (Wildman–Crippen MR) is 66.5 cm³/mol. The molecular weight excluding hydrogens is 250 g/mol. The van der Waals surface area contributed by atoms with E-state index < -0.39 is 21.8 Å². The molecule has 0 amide bonds. The second kappa shape index (κ2) is 7.92. The fourth-order valence-electron chi connectivity index (χ4n) is 1.11. The summed E-state index contributed by atoms with van der Waals surface area (Å²) in [5.41, 5.74) is 5.19. The number of nitrogens with two attached hydrogens (primary N) is 1. The molecule has 0 unspecified atom stereocenters. The standard InChI is InChI=1S/C5H11NO2S.C4H8O2S/c1-9-3-2-4(6)5(7)8;5-7(6)3-1-2-4-7/h4H,2-3,6H2,1H3,(H,7,8);1-4H2/t4-;/m0./s1. The summed E-state index contributed by atoms with van der Waals surface area (Å²) in [4.78, 5) is 10.1. The summed E-state index contributed by atoms with van der Waals surface area (Å²) in [6.07, 6.45) is 4.23. The molecular formula is C9H19NO4S2. The van der Waals surface area contributed by atoms with Gasteiger partial charge in [0.25, 0.3) is 0 Å². The molecule has 1 saturated heterocycles. The van der Waals surface area contributed by atoms with Crippen LogP contribution in [-0.2, 0) is 14.6 Å². The third-order valence-electron chi connectivity index (χ3n) is 2.11. The lowest BCUT2D eigenvalue weighted by molar-refractivity contribution is -0.138. The highest BCUT2D eigenvalue weighted by Crippen LogP contribution is 2.08. The van der Waals surface area contributed by atoms with Gasteiger partial charge in [-0.2, -0.15) is 11.8 Å². The highest BCUT2D eigenvalue weighted by atomic mass is 32.2. The molecule has 0 bridgehead atoms. The Labute approximate surface area is 101 Å². The Kier molecular flexibility index (Phi) is 7.78. The highest BCUT2D eigenvalue weighted by Gasteiger charge is 2.16. The first kappa shape index (κ1) is 15.7. The summed E-state index contributed by atoms with van der Waals surface area (Å²) < 4.78 is 20.9. The van der Waals surface area contributed by atoms with Crippen LogP contribution in [0.25, 0.3) is 0 Å². The Morgan fingerprint density at radius 2 is 1.94 bits per heavy atom. The maximum absolute atomic E-state index is 10.4. The van der Waals surface area contributed by atoms with Gasteiger partial charge in [-0.1, -0.05) is 0 Å². The zero-order chi connectivity index (χ0) is 12.6. The molecule has 0 saturated carbocycles. The van der Waals surface area contributed by atoms with Crippen LogP contribution in [0.5, 0.6) is 0 Å². The minimum absolute atomic E-state index is 0.424. The fourth-order valence-corrected chi connectivity index (χ4v) is 3.10. The van der Waals surface area contributed by atoms with Crippen molar-refractivity contribution in [3.63, 3.8) is 0 Å². The van der Waals surface area contributed by atoms with Crippen LogP contribution in [0.15, 0.2) is 0 Å². The Hall–Kier alpha value is -0.270. The van der Waals surface area contributed by atoms with E-state index in [2.05, 4.69) is 0 Å². The molecule has 0 spiro atoms. The molecule has 1 atom stereocenters. The minimum Gasteiger partial charge on any atom is -0.480 e. The average Bonchev–Trinajstić information content (AvgIpc) is 2.60. The number of sulfone groups is 1. The summed E-state index contributed by atoms with van der Waals surface area (Å²) in [5.74, 6) is 0.747. The number of carbonyl (C=O) groups is 1. The van der Waals surface area contributed by atoms with Crippen molar-refractivity contribution >= 4 is 27.6 Å². The third kappa shape index (κ3) is 7.95. The first-order valence-corrected chi connectivity index (χ1v) is 8.28. The van der Waals surface area contributed by atoms with E-state index in [1.807, 2.05) is 6.26 Å². The van der Waals surface area contributed by atoms with Crippen LogP contribution >= 0.6 is 11.8 Å². The lowest BCUT2D eigenvalue weighted by Gasteiger charge is -2.02. The van der Waals surface area contributed by atoms with E-state index in [1.54, 1.807) is 11.8 Å². The largest absolute Gasteiger partial charge is 0.480 e. The van der Waals surface area contributed by atoms with Crippen molar-refractivity contribution < 1.29 is 18.3 Å². The van der Waals surface area contributed by atoms with Gasteiger partial charge in [-0.15, -0.1) is 0 Å². The molecule has 96 valence electrons. The number of hydrogen-bond donors (Lipinski definition) is 2. The summed E-state index contributed by atoms with van der Waals surface area (Å²) in [7, 11) is -2.55. The number of carboxylic acid groups (broad SMARTS) is 1. The summed E-state index contributed by atoms with van der Waals surface area (Å²) >= 11 is 1.60. The molecule has 5 nitrogen and oxygen atoms in total. The zero-order valence-electron chi connectivity index (χ0n) is 9.39. The molecule has 1 rings (SSSR count). The van der Waals surface area contributed by atoms with Crippen LogP contribution in [0.3, 0.4) is 0 Å². The van der Waals surface area contributed by atoms with Crippen LogP contribution in [0.2, 0.25) is 0 Å². The lowest BCUT2D eigenvalue weighted by atomic mass is 10.2. The first-order valence-electron chi connectivity index (χ1n) is 5.07. The van der Waals surface area contributed by atoms with Crippen LogP contribution in [0.4, 0.5) is 0 Å². The number of rotatable bonds is 4. The summed E-state index contributed by atoms with van der Waals surface area (Å²) in [6.45, 7) is 0. The van der Waals surface area contributed by atoms with Crippen LogP contribution < -0.4 is 5.73 Å². The van der Waals surface area contributed by atoms with Crippen LogP contribution in [0, 0.1) is 0 Å². The number of hydrogen-bond acceptors (Lipinski definition) is 5. The van der Waals surface area contributed by atoms with E-state index in [0.29, 0.717) is 17.9 Å². The van der Waals surface area contributed by atoms with Crippen LogP contribution in [0.1, 0.15) is 19.3 Å². The van der Waals surface area contributed by atoms with Gasteiger partial charge in [0.15, 0.2) is 0 Å². The summed E-state index contributed by atoms with van der Waals surface area (Å²) in [6, 6.07) is -0.683. The SMILES string of the molecule is CSCC[C@H](N)C(=O)O.O=S1(=O)CCCC1. The van der Waals surface area contributed by atoms with Crippen molar-refractivity contribution in [3.8, 4) is 0 Å². The van der Waals surface area contributed by atoms with Crippen molar-refractivity contribution in [1.29, 1.82) is 0 Å². The van der Waals surface area contributed by atoms with Gasteiger partial charge in [-0.3, -0.25) is 4.79 Å². The second-order valence-electron chi connectivity index (χ2n) is 3.59. The molecule has 0 radical (unpaired) electrons. The van der Waals surface area contributed by atoms with Gasteiger partial charge in [0.2, 0.25) is 0 Å². The van der Waals surface area contributed by atoms with Gasteiger partial charge in [-0.25, -0.2) is 8.42 Å². The van der Waals surface area contributed by atoms with E-state index in [9.17, 15) is 13.2 Å². The molecule has 0 aromatic heterocycles. The van der Waals surface area contributed by atoms with E-state index in [0.717, 1.165) is 18.6 Å². The Bertz CT molecular complexity index is 291. The molecule has 1 aliphatic heterocycles. The molecule has 1 fully saturated rings. The number of carboxylic acids is 1. The predicted octanol–water partition coefficient (Wildman–Crippen LogP) is 0.346. The maximum atomic E-state index is 10.4. The van der Waals surface area contributed by atoms with E-state index in [1.165, 1.54) is 0 Å². The molecule has 3 N–H and O–H groups in total. The van der Waals surface area contributed by atoms with Gasteiger partial charge in [0.1, 0.15) is 15.9 Å². The fraction of sp³-hybridized carbons (Fsp3) is 0.889. The highest BCUT2D eigenvalue weighted by molar-refractivity contribution is 7.98. The van der Waals surface area contributed by atoms with Gasteiger partial charge in [0.05, 0.1) is 11.5 Å². The minimum atomic E-state index is -2.55. The van der Waals surface area contributed by atoms with Crippen LogP contribution in [-0.4, -0.2) is 49.0 Å². The molecule has 0 aromatic carbocycles. The molecule has 0 aromatic rings. The molecule has 7 heteroatoms. The molecule has 1 aliphatic rings. The van der Waals surface area contributed by atoms with Crippen molar-refractivity contribution in [3.05, 3.63) is 0 Å². The Morgan fingerprint density at radius 1 is 1.44 bits per heavy atom. The average molecular weight is 269 g/mol.